The van der Waals surface area contributed by atoms with Crippen LogP contribution in [0.4, 0.5) is 4.53 Å². The van der Waals surface area contributed by atoms with E-state index in [4.69, 9.17) is 9.31 Å². The van der Waals surface area contributed by atoms with Crippen LogP contribution in [0.1, 0.15) is 47.1 Å². The van der Waals surface area contributed by atoms with E-state index in [1.807, 2.05) is 45.9 Å². The Morgan fingerprint density at radius 3 is 2.31 bits per heavy atom. The monoisotopic (exact) mass is 365 g/mol. The molecular weight excluding hydrogens is 340 g/mol. The highest BCUT2D eigenvalue weighted by molar-refractivity contribution is 6.62. The van der Waals surface area contributed by atoms with Gasteiger partial charge in [-0.1, -0.05) is 24.3 Å². The third-order valence-electron chi connectivity index (χ3n) is 4.87. The van der Waals surface area contributed by atoms with Crippen molar-refractivity contribution >= 4 is 24.5 Å². The van der Waals surface area contributed by atoms with Crippen molar-refractivity contribution in [3.05, 3.63) is 29.8 Å². The average Bonchev–Trinajstić information content (AvgIpc) is 2.74. The van der Waals surface area contributed by atoms with Crippen LogP contribution in [-0.2, 0) is 30.3 Å². The van der Waals surface area contributed by atoms with Crippen molar-refractivity contribution < 1.29 is 28.4 Å². The zero-order chi connectivity index (χ0) is 19.8. The normalized spacial score (nSPS) is 18.5. The minimum absolute atomic E-state index is 0.0241. The molecule has 1 amide bonds. The zero-order valence-corrected chi connectivity index (χ0v) is 16.0. The van der Waals surface area contributed by atoms with E-state index in [1.54, 1.807) is 6.07 Å². The van der Waals surface area contributed by atoms with Crippen LogP contribution in [0.15, 0.2) is 24.3 Å². The first-order valence-electron chi connectivity index (χ1n) is 8.46. The Kier molecular flexibility index (Phi) is 5.49. The van der Waals surface area contributed by atoms with E-state index in [2.05, 4.69) is 10.3 Å². The lowest BCUT2D eigenvalue weighted by molar-refractivity contribution is -0.191. The lowest BCUT2D eigenvalue weighted by Gasteiger charge is -2.32. The number of carbonyl (C=O) groups is 2. The molecule has 1 fully saturated rings. The molecule has 1 aliphatic heterocycles. The Hall–Kier alpha value is -1.93. The van der Waals surface area contributed by atoms with Crippen molar-refractivity contribution in [3.8, 4) is 0 Å². The molecule has 0 atom stereocenters. The first-order chi connectivity index (χ1) is 11.9. The average molecular weight is 365 g/mol. The Balaban J connectivity index is 2.09. The Labute approximate surface area is 153 Å². The fourth-order valence-corrected chi connectivity index (χ4v) is 2.55. The van der Waals surface area contributed by atoms with Crippen LogP contribution >= 0.6 is 0 Å². The summed E-state index contributed by atoms with van der Waals surface area (Å²) in [5.74, 6) is -1.58. The molecule has 1 saturated heterocycles. The maximum atomic E-state index is 12.2. The molecule has 1 aromatic carbocycles. The molecule has 8 heteroatoms. The van der Waals surface area contributed by atoms with Gasteiger partial charge >= 0.3 is 13.1 Å². The van der Waals surface area contributed by atoms with Crippen molar-refractivity contribution in [2.24, 2.45) is 0 Å². The van der Waals surface area contributed by atoms with Gasteiger partial charge in [-0.15, -0.1) is 0 Å². The number of nitrogens with one attached hydrogen (secondary N) is 1. The first kappa shape index (κ1) is 20.4. The molecule has 0 aliphatic carbocycles. The fourth-order valence-electron chi connectivity index (χ4n) is 2.55. The van der Waals surface area contributed by atoms with Gasteiger partial charge in [0.05, 0.1) is 17.6 Å². The molecule has 26 heavy (non-hydrogen) atoms. The van der Waals surface area contributed by atoms with Gasteiger partial charge in [0.1, 0.15) is 5.54 Å². The number of hydrogen-bond acceptors (Lipinski definition) is 5. The second-order valence-electron chi connectivity index (χ2n) is 8.05. The lowest BCUT2D eigenvalue weighted by atomic mass is 9.78. The van der Waals surface area contributed by atoms with Gasteiger partial charge in [0.25, 0.3) is 0 Å². The molecular formula is C18H25BFNO5. The van der Waals surface area contributed by atoms with Crippen molar-refractivity contribution in [1.29, 1.82) is 0 Å². The van der Waals surface area contributed by atoms with Gasteiger partial charge in [0, 0.05) is 4.53 Å². The van der Waals surface area contributed by atoms with E-state index in [1.165, 1.54) is 13.8 Å². The Bertz CT molecular complexity index is 689. The number of amides is 1. The van der Waals surface area contributed by atoms with Gasteiger partial charge in [0.2, 0.25) is 5.91 Å². The summed E-state index contributed by atoms with van der Waals surface area (Å²) in [6, 6.07) is 7.29. The van der Waals surface area contributed by atoms with Gasteiger partial charge in [-0.25, -0.2) is 4.79 Å². The second kappa shape index (κ2) is 7.00. The molecule has 142 valence electrons. The van der Waals surface area contributed by atoms with E-state index >= 15 is 0 Å². The minimum atomic E-state index is -1.45. The quantitative estimate of drug-likeness (QED) is 0.807. The molecule has 1 heterocycles. The lowest BCUT2D eigenvalue weighted by Crippen LogP contribution is -2.50. The van der Waals surface area contributed by atoms with Crippen LogP contribution < -0.4 is 10.8 Å². The number of carbonyl (C=O) groups excluding carboxylic acids is 2. The maximum absolute atomic E-state index is 12.2. The predicted octanol–water partition coefficient (Wildman–Crippen LogP) is 1.85. The van der Waals surface area contributed by atoms with Crippen molar-refractivity contribution in [1.82, 2.24) is 5.32 Å². The van der Waals surface area contributed by atoms with Crippen molar-refractivity contribution in [2.75, 3.05) is 0 Å². The van der Waals surface area contributed by atoms with E-state index in [9.17, 15) is 14.1 Å². The fraction of sp³-hybridized carbons (Fsp3) is 0.556. The smallest absolute Gasteiger partial charge is 0.399 e. The molecule has 0 bridgehead atoms. The molecule has 0 spiro atoms. The highest BCUT2D eigenvalue weighted by atomic mass is 19.3. The third kappa shape index (κ3) is 4.24. The summed E-state index contributed by atoms with van der Waals surface area (Å²) in [4.78, 5) is 26.7. The minimum Gasteiger partial charge on any atom is -0.399 e. The molecule has 1 N–H and O–H groups in total. The molecule has 1 aliphatic rings. The topological polar surface area (TPSA) is 73.9 Å². The second-order valence-corrected chi connectivity index (χ2v) is 8.05. The van der Waals surface area contributed by atoms with Crippen molar-refractivity contribution in [2.45, 2.75) is 64.7 Å². The highest BCUT2D eigenvalue weighted by Gasteiger charge is 2.51. The first-order valence-corrected chi connectivity index (χ1v) is 8.46. The maximum Gasteiger partial charge on any atom is 0.494 e. The van der Waals surface area contributed by atoms with Crippen LogP contribution in [0.3, 0.4) is 0 Å². The van der Waals surface area contributed by atoms with E-state index in [0.29, 0.717) is 0 Å². The van der Waals surface area contributed by atoms with Gasteiger partial charge < -0.3 is 14.6 Å². The zero-order valence-electron chi connectivity index (χ0n) is 16.0. The van der Waals surface area contributed by atoms with Gasteiger partial charge in [-0.05, 0) is 52.6 Å². The predicted molar refractivity (Wildman–Crippen MR) is 95.3 cm³/mol. The molecule has 1 aromatic rings. The van der Waals surface area contributed by atoms with E-state index < -0.39 is 35.7 Å². The van der Waals surface area contributed by atoms with E-state index in [-0.39, 0.29) is 6.42 Å². The number of hydrogen-bond donors (Lipinski definition) is 1. The number of halogens is 1. The van der Waals surface area contributed by atoms with Gasteiger partial charge in [0.15, 0.2) is 0 Å². The van der Waals surface area contributed by atoms with Crippen LogP contribution in [0.5, 0.6) is 0 Å². The third-order valence-corrected chi connectivity index (χ3v) is 4.87. The summed E-state index contributed by atoms with van der Waals surface area (Å²) in [5.41, 5.74) is -0.839. The molecule has 0 aromatic heterocycles. The summed E-state index contributed by atoms with van der Waals surface area (Å²) >= 11 is 0. The number of benzene rings is 1. The summed E-state index contributed by atoms with van der Waals surface area (Å²) in [6.07, 6.45) is 0.0241. The summed E-state index contributed by atoms with van der Waals surface area (Å²) in [6.45, 7) is 10.6. The Morgan fingerprint density at radius 1 is 1.19 bits per heavy atom. The van der Waals surface area contributed by atoms with Crippen LogP contribution in [0, 0.1) is 0 Å². The SMILES string of the molecule is CC(C)(NC(=O)Cc1cccc(B2OC(C)(C)C(C)(C)O2)c1)C(=O)OF. The largest absolute Gasteiger partial charge is 0.494 e. The van der Waals surface area contributed by atoms with Gasteiger partial charge in [-0.2, -0.15) is 0 Å². The Morgan fingerprint density at radius 2 is 1.77 bits per heavy atom. The molecule has 0 saturated carbocycles. The van der Waals surface area contributed by atoms with Crippen molar-refractivity contribution in [3.63, 3.8) is 0 Å². The van der Waals surface area contributed by atoms with Crippen LogP contribution in [0.2, 0.25) is 0 Å². The summed E-state index contributed by atoms with van der Waals surface area (Å²) < 4.78 is 24.1. The molecule has 2 rings (SSSR count). The van der Waals surface area contributed by atoms with Crippen LogP contribution in [-0.4, -0.2) is 35.7 Å². The summed E-state index contributed by atoms with van der Waals surface area (Å²) in [7, 11) is -0.527. The van der Waals surface area contributed by atoms with E-state index in [0.717, 1.165) is 11.0 Å². The summed E-state index contributed by atoms with van der Waals surface area (Å²) in [5, 5.41) is 2.45. The molecule has 6 nitrogen and oxygen atoms in total. The highest BCUT2D eigenvalue weighted by Crippen LogP contribution is 2.36. The standard InChI is InChI=1S/C18H25BFNO5/c1-16(2,15(23)24-20)21-14(22)11-12-8-7-9-13(10-12)19-25-17(3,4)18(5,6)26-19/h7-10H,11H2,1-6H3,(H,21,22). The number of rotatable bonds is 5. The molecule has 0 radical (unpaired) electrons. The van der Waals surface area contributed by atoms with Crippen LogP contribution in [0.25, 0.3) is 0 Å². The molecule has 0 unspecified atom stereocenters. The van der Waals surface area contributed by atoms with Gasteiger partial charge in [-0.3, -0.25) is 9.74 Å².